The number of carbonyl (C=O) groups is 1. The third-order valence-electron chi connectivity index (χ3n) is 2.03. The van der Waals surface area contributed by atoms with Crippen LogP contribution in [0.5, 0.6) is 0 Å². The Hall–Kier alpha value is -0.730. The van der Waals surface area contributed by atoms with Crippen molar-refractivity contribution in [3.63, 3.8) is 0 Å². The lowest BCUT2D eigenvalue weighted by atomic mass is 10.0. The quantitative estimate of drug-likeness (QED) is 0.855. The van der Waals surface area contributed by atoms with Crippen molar-refractivity contribution in [2.24, 2.45) is 11.7 Å². The fourth-order valence-corrected chi connectivity index (χ4v) is 1.60. The lowest BCUT2D eigenvalue weighted by Gasteiger charge is -2.08. The Kier molecular flexibility index (Phi) is 3.78. The van der Waals surface area contributed by atoms with Gasteiger partial charge in [-0.05, 0) is 24.1 Å². The summed E-state index contributed by atoms with van der Waals surface area (Å²) in [4.78, 5) is 10.8. The van der Waals surface area contributed by atoms with Gasteiger partial charge in [0.2, 0.25) is 5.91 Å². The first-order valence-electron chi connectivity index (χ1n) is 4.24. The maximum absolute atomic E-state index is 10.8. The number of benzene rings is 1. The van der Waals surface area contributed by atoms with Gasteiger partial charge in [-0.3, -0.25) is 4.79 Å². The van der Waals surface area contributed by atoms with E-state index in [0.29, 0.717) is 16.5 Å². The van der Waals surface area contributed by atoms with Crippen LogP contribution in [-0.2, 0) is 11.2 Å². The summed E-state index contributed by atoms with van der Waals surface area (Å²) in [5, 5.41) is 1.16. The Morgan fingerprint density at radius 3 is 2.64 bits per heavy atom. The van der Waals surface area contributed by atoms with Crippen molar-refractivity contribution in [2.45, 2.75) is 13.3 Å². The van der Waals surface area contributed by atoms with Gasteiger partial charge in [0.1, 0.15) is 0 Å². The summed E-state index contributed by atoms with van der Waals surface area (Å²) < 4.78 is 0. The van der Waals surface area contributed by atoms with Crippen LogP contribution in [0.15, 0.2) is 18.2 Å². The second-order valence-electron chi connectivity index (χ2n) is 3.24. The predicted octanol–water partition coefficient (Wildman–Crippen LogP) is 2.66. The van der Waals surface area contributed by atoms with Crippen LogP contribution < -0.4 is 5.73 Å². The number of nitrogens with two attached hydrogens (primary N) is 1. The zero-order valence-corrected chi connectivity index (χ0v) is 9.27. The summed E-state index contributed by atoms with van der Waals surface area (Å²) in [6.45, 7) is 1.77. The molecular formula is C10H11Cl2NO. The molecule has 4 heteroatoms. The molecule has 0 saturated heterocycles. The summed E-state index contributed by atoms with van der Waals surface area (Å²) in [6.07, 6.45) is 0.547. The van der Waals surface area contributed by atoms with Gasteiger partial charge in [-0.1, -0.05) is 36.2 Å². The SMILES string of the molecule is C[C@@H](Cc1ccc(Cl)cc1Cl)C(N)=O. The van der Waals surface area contributed by atoms with Crippen molar-refractivity contribution in [1.29, 1.82) is 0 Å². The monoisotopic (exact) mass is 231 g/mol. The van der Waals surface area contributed by atoms with E-state index in [2.05, 4.69) is 0 Å². The molecule has 0 bridgehead atoms. The smallest absolute Gasteiger partial charge is 0.220 e. The first kappa shape index (κ1) is 11.3. The minimum Gasteiger partial charge on any atom is -0.369 e. The van der Waals surface area contributed by atoms with E-state index in [0.717, 1.165) is 5.56 Å². The molecule has 1 aromatic rings. The van der Waals surface area contributed by atoms with E-state index in [-0.39, 0.29) is 11.8 Å². The first-order chi connectivity index (χ1) is 6.50. The van der Waals surface area contributed by atoms with Gasteiger partial charge in [0.15, 0.2) is 0 Å². The van der Waals surface area contributed by atoms with Gasteiger partial charge in [0.05, 0.1) is 0 Å². The van der Waals surface area contributed by atoms with Crippen molar-refractivity contribution in [3.05, 3.63) is 33.8 Å². The average molecular weight is 232 g/mol. The number of carbonyl (C=O) groups excluding carboxylic acids is 1. The van der Waals surface area contributed by atoms with Crippen molar-refractivity contribution in [2.75, 3.05) is 0 Å². The summed E-state index contributed by atoms with van der Waals surface area (Å²) >= 11 is 11.7. The zero-order chi connectivity index (χ0) is 10.7. The van der Waals surface area contributed by atoms with E-state index in [1.165, 1.54) is 0 Å². The van der Waals surface area contributed by atoms with Gasteiger partial charge >= 0.3 is 0 Å². The minimum absolute atomic E-state index is 0.214. The molecule has 76 valence electrons. The van der Waals surface area contributed by atoms with Gasteiger partial charge in [-0.25, -0.2) is 0 Å². The molecule has 0 unspecified atom stereocenters. The van der Waals surface area contributed by atoms with Crippen molar-refractivity contribution in [1.82, 2.24) is 0 Å². The maximum atomic E-state index is 10.8. The summed E-state index contributed by atoms with van der Waals surface area (Å²) in [5.41, 5.74) is 6.05. The van der Waals surface area contributed by atoms with Gasteiger partial charge in [-0.15, -0.1) is 0 Å². The Morgan fingerprint density at radius 2 is 2.14 bits per heavy atom. The van der Waals surface area contributed by atoms with E-state index in [1.807, 2.05) is 6.07 Å². The highest BCUT2D eigenvalue weighted by molar-refractivity contribution is 6.35. The van der Waals surface area contributed by atoms with Crippen molar-refractivity contribution >= 4 is 29.1 Å². The molecule has 1 aromatic carbocycles. The molecule has 1 amide bonds. The van der Waals surface area contributed by atoms with Gasteiger partial charge < -0.3 is 5.73 Å². The van der Waals surface area contributed by atoms with Crippen LogP contribution in [0.25, 0.3) is 0 Å². The number of hydrogen-bond acceptors (Lipinski definition) is 1. The van der Waals surface area contributed by atoms with Crippen LogP contribution in [0.1, 0.15) is 12.5 Å². The molecular weight excluding hydrogens is 221 g/mol. The number of amides is 1. The highest BCUT2D eigenvalue weighted by Crippen LogP contribution is 2.23. The third-order valence-corrected chi connectivity index (χ3v) is 2.61. The molecule has 1 rings (SSSR count). The molecule has 0 aromatic heterocycles. The van der Waals surface area contributed by atoms with Gasteiger partial charge in [0.25, 0.3) is 0 Å². The third kappa shape index (κ3) is 2.89. The molecule has 2 N–H and O–H groups in total. The number of primary amides is 1. The Labute approximate surface area is 93.0 Å². The lowest BCUT2D eigenvalue weighted by molar-refractivity contribution is -0.121. The van der Waals surface area contributed by atoms with E-state index >= 15 is 0 Å². The topological polar surface area (TPSA) is 43.1 Å². The molecule has 0 aliphatic rings. The van der Waals surface area contributed by atoms with Crippen LogP contribution in [0.3, 0.4) is 0 Å². The molecule has 0 saturated carbocycles. The van der Waals surface area contributed by atoms with Crippen molar-refractivity contribution in [3.8, 4) is 0 Å². The molecule has 0 aliphatic heterocycles. The Bertz CT molecular complexity index is 352. The highest BCUT2D eigenvalue weighted by atomic mass is 35.5. The van der Waals surface area contributed by atoms with Crippen LogP contribution in [0, 0.1) is 5.92 Å². The summed E-state index contributed by atoms with van der Waals surface area (Å²) in [7, 11) is 0. The van der Waals surface area contributed by atoms with E-state index in [9.17, 15) is 4.79 Å². The second kappa shape index (κ2) is 4.67. The number of hydrogen-bond donors (Lipinski definition) is 1. The molecule has 0 fully saturated rings. The summed E-state index contributed by atoms with van der Waals surface area (Å²) in [5.74, 6) is -0.537. The zero-order valence-electron chi connectivity index (χ0n) is 7.76. The molecule has 0 aliphatic carbocycles. The fraction of sp³-hybridized carbons (Fsp3) is 0.300. The van der Waals surface area contributed by atoms with Crippen LogP contribution in [0.4, 0.5) is 0 Å². The van der Waals surface area contributed by atoms with Gasteiger partial charge in [-0.2, -0.15) is 0 Å². The first-order valence-corrected chi connectivity index (χ1v) is 4.99. The Balaban J connectivity index is 2.82. The van der Waals surface area contributed by atoms with E-state index in [4.69, 9.17) is 28.9 Å². The van der Waals surface area contributed by atoms with Gasteiger partial charge in [0, 0.05) is 16.0 Å². The maximum Gasteiger partial charge on any atom is 0.220 e. The molecule has 0 heterocycles. The average Bonchev–Trinajstić information content (AvgIpc) is 2.09. The van der Waals surface area contributed by atoms with E-state index in [1.54, 1.807) is 19.1 Å². The standard InChI is InChI=1S/C10H11Cl2NO/c1-6(10(13)14)4-7-2-3-8(11)5-9(7)12/h2-3,5-6H,4H2,1H3,(H2,13,14)/t6-/m0/s1. The highest BCUT2D eigenvalue weighted by Gasteiger charge is 2.11. The lowest BCUT2D eigenvalue weighted by Crippen LogP contribution is -2.22. The van der Waals surface area contributed by atoms with Crippen molar-refractivity contribution < 1.29 is 4.79 Å². The largest absolute Gasteiger partial charge is 0.369 e. The van der Waals surface area contributed by atoms with Crippen LogP contribution in [0.2, 0.25) is 10.0 Å². The molecule has 0 radical (unpaired) electrons. The minimum atomic E-state index is -0.323. The molecule has 1 atom stereocenters. The number of halogens is 2. The van der Waals surface area contributed by atoms with Crippen LogP contribution >= 0.6 is 23.2 Å². The van der Waals surface area contributed by atoms with Crippen LogP contribution in [-0.4, -0.2) is 5.91 Å². The Morgan fingerprint density at radius 1 is 1.50 bits per heavy atom. The second-order valence-corrected chi connectivity index (χ2v) is 4.09. The molecule has 0 spiro atoms. The normalized spacial score (nSPS) is 12.5. The van der Waals surface area contributed by atoms with E-state index < -0.39 is 0 Å². The fourth-order valence-electron chi connectivity index (χ4n) is 1.12. The summed E-state index contributed by atoms with van der Waals surface area (Å²) in [6, 6.07) is 5.22. The molecule has 14 heavy (non-hydrogen) atoms. The molecule has 2 nitrogen and oxygen atoms in total. The number of rotatable bonds is 3. The predicted molar refractivity (Wildman–Crippen MR) is 58.5 cm³/mol.